The van der Waals surface area contributed by atoms with Gasteiger partial charge in [0.1, 0.15) is 12.7 Å². The van der Waals surface area contributed by atoms with E-state index in [0.717, 1.165) is 50.9 Å². The third-order valence-electron chi connectivity index (χ3n) is 9.56. The molecule has 0 unspecified atom stereocenters. The van der Waals surface area contributed by atoms with Crippen LogP contribution in [0.5, 0.6) is 0 Å². The molecule has 0 spiro atoms. The number of hydrogen-bond donors (Lipinski definition) is 1. The predicted molar refractivity (Wildman–Crippen MR) is 152 cm³/mol. The summed E-state index contributed by atoms with van der Waals surface area (Å²) >= 11 is 6.12. The van der Waals surface area contributed by atoms with Crippen LogP contribution in [0.15, 0.2) is 36.9 Å². The van der Waals surface area contributed by atoms with Crippen molar-refractivity contribution in [3.8, 4) is 0 Å². The second kappa shape index (κ2) is 13.7. The Kier molecular flexibility index (Phi) is 10.1. The summed E-state index contributed by atoms with van der Waals surface area (Å²) in [6.07, 6.45) is 11.6. The molecular formula is C30H43ClF2N6O. The smallest absolute Gasteiger partial charge is 0.251 e. The Labute approximate surface area is 241 Å². The molecule has 1 saturated carbocycles. The summed E-state index contributed by atoms with van der Waals surface area (Å²) in [7, 11) is 0. The monoisotopic (exact) mass is 576 g/mol. The summed E-state index contributed by atoms with van der Waals surface area (Å²) in [5, 5.41) is 8.76. The van der Waals surface area contributed by atoms with Crippen molar-refractivity contribution < 1.29 is 13.6 Å². The van der Waals surface area contributed by atoms with Crippen LogP contribution in [0, 0.1) is 11.3 Å². The van der Waals surface area contributed by atoms with Gasteiger partial charge in [-0.1, -0.05) is 43.0 Å². The van der Waals surface area contributed by atoms with Gasteiger partial charge < -0.3 is 10.2 Å². The summed E-state index contributed by atoms with van der Waals surface area (Å²) in [5.41, 5.74) is 1.20. The van der Waals surface area contributed by atoms with E-state index in [1.165, 1.54) is 32.1 Å². The molecule has 3 heterocycles. The van der Waals surface area contributed by atoms with Gasteiger partial charge >= 0.3 is 0 Å². The Morgan fingerprint density at radius 1 is 1.02 bits per heavy atom. The molecule has 2 aliphatic heterocycles. The zero-order valence-corrected chi connectivity index (χ0v) is 24.1. The first-order chi connectivity index (χ1) is 19.4. The summed E-state index contributed by atoms with van der Waals surface area (Å²) in [4.78, 5) is 22.1. The second-order valence-corrected chi connectivity index (χ2v) is 12.6. The minimum Gasteiger partial charge on any atom is -0.341 e. The van der Waals surface area contributed by atoms with Crippen LogP contribution in [0.3, 0.4) is 0 Å². The molecule has 1 amide bonds. The maximum Gasteiger partial charge on any atom is 0.251 e. The zero-order chi connectivity index (χ0) is 28.0. The highest BCUT2D eigenvalue weighted by Crippen LogP contribution is 2.47. The van der Waals surface area contributed by atoms with Crippen LogP contribution in [0.2, 0.25) is 5.02 Å². The number of aromatic nitrogens is 3. The highest BCUT2D eigenvalue weighted by atomic mass is 35.5. The average Bonchev–Trinajstić information content (AvgIpc) is 3.48. The molecule has 1 aliphatic carbocycles. The van der Waals surface area contributed by atoms with Crippen LogP contribution in [-0.2, 0) is 17.8 Å². The number of rotatable bonds is 10. The topological polar surface area (TPSA) is 66.3 Å². The van der Waals surface area contributed by atoms with Gasteiger partial charge in [-0.2, -0.15) is 5.10 Å². The van der Waals surface area contributed by atoms with Crippen molar-refractivity contribution in [3.05, 3.63) is 47.5 Å². The highest BCUT2D eigenvalue weighted by molar-refractivity contribution is 6.30. The molecule has 5 rings (SSSR count). The maximum atomic E-state index is 14.1. The van der Waals surface area contributed by atoms with Gasteiger partial charge in [0.25, 0.3) is 6.43 Å². The van der Waals surface area contributed by atoms with Gasteiger partial charge in [-0.25, -0.2) is 13.8 Å². The maximum absolute atomic E-state index is 14.1. The quantitative estimate of drug-likeness (QED) is 0.429. The largest absolute Gasteiger partial charge is 0.341 e. The molecule has 1 aromatic carbocycles. The minimum atomic E-state index is -2.31. The number of amides is 1. The van der Waals surface area contributed by atoms with Crippen molar-refractivity contribution in [1.82, 2.24) is 29.9 Å². The molecule has 220 valence electrons. The average molecular weight is 577 g/mol. The minimum absolute atomic E-state index is 0.133. The van der Waals surface area contributed by atoms with E-state index in [4.69, 9.17) is 11.6 Å². The Morgan fingerprint density at radius 2 is 1.73 bits per heavy atom. The molecular weight excluding hydrogens is 534 g/mol. The first-order valence-electron chi connectivity index (χ1n) is 15.0. The molecule has 3 aliphatic rings. The number of hydrogen-bond acceptors (Lipinski definition) is 5. The number of piperidine rings is 2. The van der Waals surface area contributed by atoms with Gasteiger partial charge in [-0.3, -0.25) is 14.4 Å². The molecule has 0 bridgehead atoms. The number of nitrogens with zero attached hydrogens (tertiary/aromatic N) is 5. The van der Waals surface area contributed by atoms with Gasteiger partial charge in [0.15, 0.2) is 0 Å². The lowest BCUT2D eigenvalue weighted by Crippen LogP contribution is -2.56. The predicted octanol–water partition coefficient (Wildman–Crippen LogP) is 5.05. The number of halogens is 3. The SMILES string of the molecule is O=C([C@@H](Cc1ccc(Cl)cc1)NC1CCN(CC(F)F)CC1)N1CCC(Cn2cncn2)(C2CCCCC2)CC1. The third kappa shape index (κ3) is 7.59. The molecule has 1 aromatic heterocycles. The Hall–Kier alpha value is -2.10. The van der Waals surface area contributed by atoms with Gasteiger partial charge in [-0.05, 0) is 87.1 Å². The lowest BCUT2D eigenvalue weighted by Gasteiger charge is -2.48. The molecule has 2 saturated heterocycles. The van der Waals surface area contributed by atoms with E-state index in [2.05, 4.69) is 20.3 Å². The van der Waals surface area contributed by atoms with E-state index in [1.54, 1.807) is 6.33 Å². The van der Waals surface area contributed by atoms with Gasteiger partial charge in [0.05, 0.1) is 12.6 Å². The molecule has 0 radical (unpaired) electrons. The zero-order valence-electron chi connectivity index (χ0n) is 23.4. The van der Waals surface area contributed by atoms with Crippen LogP contribution >= 0.6 is 11.6 Å². The van der Waals surface area contributed by atoms with Crippen molar-refractivity contribution >= 4 is 17.5 Å². The van der Waals surface area contributed by atoms with Crippen molar-refractivity contribution in [2.45, 2.75) is 89.3 Å². The molecule has 1 atom stereocenters. The number of likely N-dealkylation sites (tertiary alicyclic amines) is 2. The highest BCUT2D eigenvalue weighted by Gasteiger charge is 2.44. The van der Waals surface area contributed by atoms with Crippen molar-refractivity contribution in [3.63, 3.8) is 0 Å². The van der Waals surface area contributed by atoms with Gasteiger partial charge in [0.2, 0.25) is 5.91 Å². The summed E-state index contributed by atoms with van der Waals surface area (Å²) in [6.45, 7) is 3.43. The number of carbonyl (C=O) groups is 1. The molecule has 10 heteroatoms. The van der Waals surface area contributed by atoms with E-state index in [0.29, 0.717) is 30.5 Å². The van der Waals surface area contributed by atoms with Crippen molar-refractivity contribution in [1.29, 1.82) is 0 Å². The van der Waals surface area contributed by atoms with E-state index < -0.39 is 6.43 Å². The van der Waals surface area contributed by atoms with E-state index in [1.807, 2.05) is 40.2 Å². The van der Waals surface area contributed by atoms with Crippen LogP contribution in [-0.4, -0.2) is 81.7 Å². The van der Waals surface area contributed by atoms with E-state index >= 15 is 0 Å². The second-order valence-electron chi connectivity index (χ2n) is 12.1. The fourth-order valence-corrected chi connectivity index (χ4v) is 7.40. The number of carbonyl (C=O) groups excluding carboxylic acids is 1. The van der Waals surface area contributed by atoms with Crippen LogP contribution in [0.25, 0.3) is 0 Å². The normalized spacial score (nSPS) is 22.1. The Morgan fingerprint density at radius 3 is 2.35 bits per heavy atom. The first kappa shape index (κ1) is 29.4. The Bertz CT molecular complexity index is 1050. The summed E-state index contributed by atoms with van der Waals surface area (Å²) in [5.74, 6) is 0.798. The summed E-state index contributed by atoms with van der Waals surface area (Å²) in [6, 6.07) is 7.48. The number of alkyl halides is 2. The Balaban J connectivity index is 1.26. The fourth-order valence-electron chi connectivity index (χ4n) is 7.28. The van der Waals surface area contributed by atoms with E-state index in [9.17, 15) is 13.6 Å². The molecule has 7 nitrogen and oxygen atoms in total. The summed E-state index contributed by atoms with van der Waals surface area (Å²) < 4.78 is 27.7. The van der Waals surface area contributed by atoms with Gasteiger partial charge in [-0.15, -0.1) is 0 Å². The standard InChI is InChI=1S/C30H43ClF2N6O/c31-25-8-6-23(7-9-25)18-27(36-26-10-14-37(15-11-26)19-28(32)33)29(40)38-16-12-30(13-17-38,20-39-22-34-21-35-39)24-4-2-1-3-5-24/h6-9,21-22,24,26-28,36H,1-5,10-20H2/t27-/m1/s1. The number of benzene rings is 1. The van der Waals surface area contributed by atoms with Crippen molar-refractivity contribution in [2.75, 3.05) is 32.7 Å². The van der Waals surface area contributed by atoms with Crippen LogP contribution in [0.1, 0.15) is 63.4 Å². The lowest BCUT2D eigenvalue weighted by atomic mass is 9.63. The third-order valence-corrected chi connectivity index (χ3v) is 9.81. The van der Waals surface area contributed by atoms with E-state index in [-0.39, 0.29) is 30.0 Å². The van der Waals surface area contributed by atoms with Crippen LogP contribution in [0.4, 0.5) is 8.78 Å². The van der Waals surface area contributed by atoms with Crippen LogP contribution < -0.4 is 5.32 Å². The molecule has 1 N–H and O–H groups in total. The molecule has 3 fully saturated rings. The molecule has 2 aromatic rings. The first-order valence-corrected chi connectivity index (χ1v) is 15.4. The molecule has 40 heavy (non-hydrogen) atoms. The van der Waals surface area contributed by atoms with Crippen molar-refractivity contribution in [2.24, 2.45) is 11.3 Å². The number of nitrogens with one attached hydrogen (secondary N) is 1. The fraction of sp³-hybridized carbons (Fsp3) is 0.700. The van der Waals surface area contributed by atoms with Gasteiger partial charge in [0, 0.05) is 30.7 Å². The lowest BCUT2D eigenvalue weighted by molar-refractivity contribution is -0.137.